The number of fused-ring (bicyclic) bond motifs is 1. The van der Waals surface area contributed by atoms with Gasteiger partial charge in [0.05, 0.1) is 0 Å². The first kappa shape index (κ1) is 25.3. The van der Waals surface area contributed by atoms with Crippen molar-refractivity contribution in [2.45, 2.75) is 24.0 Å². The predicted molar refractivity (Wildman–Crippen MR) is 158 cm³/mol. The zero-order valence-corrected chi connectivity index (χ0v) is 22.1. The van der Waals surface area contributed by atoms with E-state index in [1.165, 1.54) is 17.3 Å². The average Bonchev–Trinajstić information content (AvgIpc) is 2.94. The van der Waals surface area contributed by atoms with E-state index in [0.717, 1.165) is 32.5 Å². The molecule has 5 aromatic rings. The number of carbonyl (C=O) groups is 2. The van der Waals surface area contributed by atoms with Gasteiger partial charge in [0, 0.05) is 21.8 Å². The van der Waals surface area contributed by atoms with E-state index in [0.29, 0.717) is 11.3 Å². The molecule has 188 valence electrons. The molecule has 0 radical (unpaired) electrons. The van der Waals surface area contributed by atoms with Crippen molar-refractivity contribution in [3.8, 4) is 0 Å². The number of hydrogen-bond acceptors (Lipinski definition) is 3. The molecule has 0 aromatic heterocycles. The molecule has 4 nitrogen and oxygen atoms in total. The molecule has 0 aliphatic heterocycles. The lowest BCUT2D eigenvalue weighted by Gasteiger charge is -2.18. The van der Waals surface area contributed by atoms with Crippen molar-refractivity contribution in [3.63, 3.8) is 0 Å². The lowest BCUT2D eigenvalue weighted by molar-refractivity contribution is -0.115. The summed E-state index contributed by atoms with van der Waals surface area (Å²) in [6.45, 7) is 4.09. The van der Waals surface area contributed by atoms with Gasteiger partial charge in [-0.2, -0.15) is 0 Å². The van der Waals surface area contributed by atoms with Crippen LogP contribution < -0.4 is 10.6 Å². The van der Waals surface area contributed by atoms with Crippen LogP contribution in [-0.4, -0.2) is 11.8 Å². The van der Waals surface area contributed by atoms with E-state index < -0.39 is 5.25 Å². The molecule has 2 N–H and O–H groups in total. The minimum atomic E-state index is -0.434. The van der Waals surface area contributed by atoms with Gasteiger partial charge < -0.3 is 10.6 Å². The van der Waals surface area contributed by atoms with Gasteiger partial charge in [0.1, 0.15) is 5.25 Å². The molecule has 0 saturated carbocycles. The first-order valence-corrected chi connectivity index (χ1v) is 13.3. The third-order valence-electron chi connectivity index (χ3n) is 6.49. The summed E-state index contributed by atoms with van der Waals surface area (Å²) in [7, 11) is 0. The summed E-state index contributed by atoms with van der Waals surface area (Å²) in [6.07, 6.45) is 0. The van der Waals surface area contributed by atoms with E-state index in [2.05, 4.69) is 17.6 Å². The molecule has 0 spiro atoms. The van der Waals surface area contributed by atoms with Crippen LogP contribution in [-0.2, 0) is 4.79 Å². The molecule has 5 aromatic carbocycles. The van der Waals surface area contributed by atoms with Crippen molar-refractivity contribution in [1.29, 1.82) is 0 Å². The topological polar surface area (TPSA) is 58.2 Å². The summed E-state index contributed by atoms with van der Waals surface area (Å²) >= 11 is 1.48. The minimum absolute atomic E-state index is 0.0851. The highest BCUT2D eigenvalue weighted by Crippen LogP contribution is 2.37. The van der Waals surface area contributed by atoms with Crippen molar-refractivity contribution in [2.75, 3.05) is 10.6 Å². The maximum atomic E-state index is 13.4. The van der Waals surface area contributed by atoms with E-state index in [9.17, 15) is 9.59 Å². The van der Waals surface area contributed by atoms with E-state index in [4.69, 9.17) is 0 Å². The van der Waals surface area contributed by atoms with Crippen molar-refractivity contribution in [2.24, 2.45) is 0 Å². The Morgan fingerprint density at radius 2 is 1.32 bits per heavy atom. The van der Waals surface area contributed by atoms with Gasteiger partial charge in [0.15, 0.2) is 0 Å². The second-order valence-electron chi connectivity index (χ2n) is 9.24. The van der Waals surface area contributed by atoms with Gasteiger partial charge in [0.2, 0.25) is 5.91 Å². The number of amides is 2. The highest BCUT2D eigenvalue weighted by molar-refractivity contribution is 8.00. The van der Waals surface area contributed by atoms with Crippen LogP contribution in [0.15, 0.2) is 120 Å². The Morgan fingerprint density at radius 3 is 2.05 bits per heavy atom. The molecule has 0 fully saturated rings. The second kappa shape index (κ2) is 11.4. The Hall–Kier alpha value is -4.35. The van der Waals surface area contributed by atoms with Crippen LogP contribution in [0.5, 0.6) is 0 Å². The summed E-state index contributed by atoms with van der Waals surface area (Å²) in [5, 5.41) is 7.74. The average molecular weight is 517 g/mol. The van der Waals surface area contributed by atoms with E-state index in [-0.39, 0.29) is 11.8 Å². The van der Waals surface area contributed by atoms with E-state index in [1.54, 1.807) is 0 Å². The fourth-order valence-electron chi connectivity index (χ4n) is 4.21. The standard InChI is InChI=1S/C33H28N2O2S/c1-22-12-15-29(20-23(22)2)35-33(37)31(25-9-4-3-5-10-25)38-30-18-16-28(17-19-30)34-32(36)27-14-13-24-8-6-7-11-26(24)21-27/h3-21,31H,1-2H3,(H,34,36)(H,35,37). The number of carbonyl (C=O) groups excluding carboxylic acids is 2. The summed E-state index contributed by atoms with van der Waals surface area (Å²) in [5.41, 5.74) is 5.33. The fourth-order valence-corrected chi connectivity index (χ4v) is 5.24. The number of nitrogens with one attached hydrogen (secondary N) is 2. The third-order valence-corrected chi connectivity index (χ3v) is 7.76. The lowest BCUT2D eigenvalue weighted by atomic mass is 10.1. The van der Waals surface area contributed by atoms with Gasteiger partial charge in [0.25, 0.3) is 5.91 Å². The van der Waals surface area contributed by atoms with Crippen molar-refractivity contribution >= 4 is 45.7 Å². The minimum Gasteiger partial charge on any atom is -0.325 e. The van der Waals surface area contributed by atoms with Crippen LogP contribution in [0.25, 0.3) is 10.8 Å². The summed E-state index contributed by atoms with van der Waals surface area (Å²) < 4.78 is 0. The number of anilines is 2. The molecule has 1 atom stereocenters. The summed E-state index contributed by atoms with van der Waals surface area (Å²) in [5.74, 6) is -0.246. The molecule has 0 saturated heterocycles. The van der Waals surface area contributed by atoms with Crippen LogP contribution in [0.3, 0.4) is 0 Å². The molecule has 5 rings (SSSR count). The molecule has 0 bridgehead atoms. The second-order valence-corrected chi connectivity index (χ2v) is 10.4. The number of thioether (sulfide) groups is 1. The molecule has 0 heterocycles. The first-order chi connectivity index (χ1) is 18.5. The molecule has 38 heavy (non-hydrogen) atoms. The SMILES string of the molecule is Cc1ccc(NC(=O)C(Sc2ccc(NC(=O)c3ccc4ccccc4c3)cc2)c2ccccc2)cc1C. The molecule has 0 aliphatic carbocycles. The summed E-state index contributed by atoms with van der Waals surface area (Å²) in [6, 6.07) is 36.9. The fraction of sp³-hybridized carbons (Fsp3) is 0.0909. The maximum absolute atomic E-state index is 13.4. The summed E-state index contributed by atoms with van der Waals surface area (Å²) in [4.78, 5) is 27.2. The molecule has 1 unspecified atom stereocenters. The molecular formula is C33H28N2O2S. The van der Waals surface area contributed by atoms with Gasteiger partial charge in [-0.1, -0.05) is 66.7 Å². The van der Waals surface area contributed by atoms with Gasteiger partial charge in [-0.3, -0.25) is 9.59 Å². The Kier molecular flexibility index (Phi) is 7.57. The van der Waals surface area contributed by atoms with Crippen LogP contribution in [0.2, 0.25) is 0 Å². The maximum Gasteiger partial charge on any atom is 0.255 e. The van der Waals surface area contributed by atoms with E-state index >= 15 is 0 Å². The number of aryl methyl sites for hydroxylation is 2. The lowest BCUT2D eigenvalue weighted by Crippen LogP contribution is -2.19. The van der Waals surface area contributed by atoms with Crippen molar-refractivity contribution < 1.29 is 9.59 Å². The Bertz CT molecular complexity index is 1600. The van der Waals surface area contributed by atoms with Gasteiger partial charge >= 0.3 is 0 Å². The van der Waals surface area contributed by atoms with E-state index in [1.807, 2.05) is 122 Å². The zero-order chi connectivity index (χ0) is 26.5. The van der Waals surface area contributed by atoms with Crippen molar-refractivity contribution in [3.05, 3.63) is 138 Å². The molecule has 0 aliphatic rings. The Morgan fingerprint density at radius 1 is 0.632 bits per heavy atom. The quantitative estimate of drug-likeness (QED) is 0.214. The molecule has 2 amide bonds. The monoisotopic (exact) mass is 516 g/mol. The first-order valence-electron chi connectivity index (χ1n) is 12.5. The number of hydrogen-bond donors (Lipinski definition) is 2. The number of benzene rings is 5. The molecule has 5 heteroatoms. The number of rotatable bonds is 7. The van der Waals surface area contributed by atoms with Gasteiger partial charge in [-0.15, -0.1) is 11.8 Å². The normalized spacial score (nSPS) is 11.6. The third kappa shape index (κ3) is 5.96. The van der Waals surface area contributed by atoms with Crippen molar-refractivity contribution in [1.82, 2.24) is 0 Å². The van der Waals surface area contributed by atoms with Gasteiger partial charge in [-0.25, -0.2) is 0 Å². The Labute approximate surface area is 227 Å². The van der Waals surface area contributed by atoms with Crippen LogP contribution in [0.1, 0.15) is 32.3 Å². The Balaban J connectivity index is 1.30. The van der Waals surface area contributed by atoms with Crippen LogP contribution >= 0.6 is 11.8 Å². The van der Waals surface area contributed by atoms with Gasteiger partial charge in [-0.05, 0) is 89.8 Å². The zero-order valence-electron chi connectivity index (χ0n) is 21.3. The van der Waals surface area contributed by atoms with Crippen LogP contribution in [0, 0.1) is 13.8 Å². The predicted octanol–water partition coefficient (Wildman–Crippen LogP) is 8.18. The highest BCUT2D eigenvalue weighted by Gasteiger charge is 2.22. The molecular weight excluding hydrogens is 488 g/mol. The smallest absolute Gasteiger partial charge is 0.255 e. The van der Waals surface area contributed by atoms with Crippen LogP contribution in [0.4, 0.5) is 11.4 Å². The highest BCUT2D eigenvalue weighted by atomic mass is 32.2. The largest absolute Gasteiger partial charge is 0.325 e.